The van der Waals surface area contributed by atoms with E-state index in [4.69, 9.17) is 4.74 Å². The van der Waals surface area contributed by atoms with Crippen molar-refractivity contribution in [2.75, 3.05) is 13.7 Å². The van der Waals surface area contributed by atoms with Gasteiger partial charge in [-0.3, -0.25) is 4.79 Å². The molecule has 0 bridgehead atoms. The molecule has 0 atom stereocenters. The van der Waals surface area contributed by atoms with Crippen LogP contribution in [-0.2, 0) is 20.9 Å². The summed E-state index contributed by atoms with van der Waals surface area (Å²) in [7, 11) is 1.30. The normalized spacial score (nSPS) is 9.62. The molecule has 1 aromatic heterocycles. The van der Waals surface area contributed by atoms with Gasteiger partial charge >= 0.3 is 5.97 Å². The maximum atomic E-state index is 10.9. The van der Waals surface area contributed by atoms with Gasteiger partial charge in [-0.25, -0.2) is 4.79 Å². The standard InChI is InChI=1S/C11H14NO4/c1-9(13)6-12-5-3-4-10(7-12)16-8-11(14)15-2/h3-5,7H,6,8H2,1-2H3/q+1. The number of Topliss-reactive ketones (excluding diaryl/α,β-unsaturated/α-hetero) is 1. The van der Waals surface area contributed by atoms with Crippen LogP contribution in [0.15, 0.2) is 24.5 Å². The van der Waals surface area contributed by atoms with Crippen molar-refractivity contribution in [2.45, 2.75) is 13.5 Å². The maximum absolute atomic E-state index is 10.9. The fourth-order valence-corrected chi connectivity index (χ4v) is 1.14. The molecule has 0 fully saturated rings. The summed E-state index contributed by atoms with van der Waals surface area (Å²) in [6.45, 7) is 1.66. The number of esters is 1. The van der Waals surface area contributed by atoms with E-state index in [0.717, 1.165) is 0 Å². The fraction of sp³-hybridized carbons (Fsp3) is 0.364. The lowest BCUT2D eigenvalue weighted by Gasteiger charge is -2.02. The minimum Gasteiger partial charge on any atom is -0.476 e. The Kier molecular flexibility index (Phi) is 4.44. The van der Waals surface area contributed by atoms with Crippen LogP contribution in [0.1, 0.15) is 6.92 Å². The molecule has 0 amide bonds. The highest BCUT2D eigenvalue weighted by Crippen LogP contribution is 2.05. The lowest BCUT2D eigenvalue weighted by atomic mass is 10.4. The summed E-state index contributed by atoms with van der Waals surface area (Å²) < 4.78 is 11.3. The van der Waals surface area contributed by atoms with Gasteiger partial charge in [0.15, 0.2) is 24.3 Å². The molecule has 0 aliphatic rings. The van der Waals surface area contributed by atoms with Crippen LogP contribution in [0.3, 0.4) is 0 Å². The summed E-state index contributed by atoms with van der Waals surface area (Å²) in [4.78, 5) is 21.7. The van der Waals surface area contributed by atoms with Crippen LogP contribution in [0.2, 0.25) is 0 Å². The SMILES string of the molecule is COC(=O)COc1ccc[n+](CC(C)=O)c1. The quantitative estimate of drug-likeness (QED) is 0.526. The first kappa shape index (κ1) is 12.2. The summed E-state index contributed by atoms with van der Waals surface area (Å²) >= 11 is 0. The zero-order chi connectivity index (χ0) is 12.0. The van der Waals surface area contributed by atoms with Gasteiger partial charge < -0.3 is 9.47 Å². The molecule has 0 saturated heterocycles. The average molecular weight is 224 g/mol. The second-order valence-electron chi connectivity index (χ2n) is 3.28. The van der Waals surface area contributed by atoms with E-state index in [0.29, 0.717) is 5.75 Å². The number of methoxy groups -OCH3 is 1. The van der Waals surface area contributed by atoms with E-state index in [1.807, 2.05) is 0 Å². The zero-order valence-corrected chi connectivity index (χ0v) is 9.30. The largest absolute Gasteiger partial charge is 0.476 e. The molecule has 0 spiro atoms. The minimum absolute atomic E-state index is 0.0510. The number of ether oxygens (including phenoxy) is 2. The first-order chi connectivity index (χ1) is 7.61. The Hall–Kier alpha value is -1.91. The van der Waals surface area contributed by atoms with Gasteiger partial charge in [0.2, 0.25) is 12.7 Å². The highest BCUT2D eigenvalue weighted by molar-refractivity contribution is 5.73. The Labute approximate surface area is 93.6 Å². The Bertz CT molecular complexity index is 389. The summed E-state index contributed by atoms with van der Waals surface area (Å²) in [5.41, 5.74) is 0. The Morgan fingerprint density at radius 2 is 2.19 bits per heavy atom. The number of carbonyl (C=O) groups excluding carboxylic acids is 2. The predicted octanol–water partition coefficient (Wildman–Crippen LogP) is 0.115. The van der Waals surface area contributed by atoms with Crippen molar-refractivity contribution in [2.24, 2.45) is 0 Å². The van der Waals surface area contributed by atoms with Crippen LogP contribution in [0.4, 0.5) is 0 Å². The van der Waals surface area contributed by atoms with E-state index >= 15 is 0 Å². The molecule has 0 saturated carbocycles. The van der Waals surface area contributed by atoms with Gasteiger partial charge in [0.05, 0.1) is 7.11 Å². The molecule has 16 heavy (non-hydrogen) atoms. The van der Waals surface area contributed by atoms with Crippen molar-refractivity contribution >= 4 is 11.8 Å². The van der Waals surface area contributed by atoms with Gasteiger partial charge in [-0.2, -0.15) is 4.57 Å². The van der Waals surface area contributed by atoms with E-state index in [1.54, 1.807) is 29.1 Å². The molecular formula is C11H14NO4+. The Morgan fingerprint density at radius 3 is 2.81 bits per heavy atom. The number of carbonyl (C=O) groups is 2. The molecule has 1 rings (SSSR count). The first-order valence-electron chi connectivity index (χ1n) is 4.80. The van der Waals surface area contributed by atoms with Crippen LogP contribution in [0, 0.1) is 0 Å². The lowest BCUT2D eigenvalue weighted by molar-refractivity contribution is -0.684. The van der Waals surface area contributed by atoms with E-state index < -0.39 is 5.97 Å². The molecule has 5 heteroatoms. The van der Waals surface area contributed by atoms with Crippen molar-refractivity contribution in [3.63, 3.8) is 0 Å². The van der Waals surface area contributed by atoms with Crippen LogP contribution in [0.5, 0.6) is 5.75 Å². The summed E-state index contributed by atoms with van der Waals surface area (Å²) in [5, 5.41) is 0. The molecule has 1 heterocycles. The number of hydrogen-bond acceptors (Lipinski definition) is 4. The Balaban J connectivity index is 2.60. The predicted molar refractivity (Wildman–Crippen MR) is 54.8 cm³/mol. The van der Waals surface area contributed by atoms with E-state index in [2.05, 4.69) is 4.74 Å². The molecule has 0 aliphatic heterocycles. The maximum Gasteiger partial charge on any atom is 0.343 e. The molecule has 0 aromatic carbocycles. The molecule has 0 N–H and O–H groups in total. The number of nitrogens with zero attached hydrogens (tertiary/aromatic N) is 1. The average Bonchev–Trinajstić information content (AvgIpc) is 2.25. The van der Waals surface area contributed by atoms with E-state index in [9.17, 15) is 9.59 Å². The molecule has 86 valence electrons. The van der Waals surface area contributed by atoms with Gasteiger partial charge in [0, 0.05) is 13.0 Å². The third-order valence-electron chi connectivity index (χ3n) is 1.82. The highest BCUT2D eigenvalue weighted by atomic mass is 16.6. The summed E-state index contributed by atoms with van der Waals surface area (Å²) in [6.07, 6.45) is 3.41. The van der Waals surface area contributed by atoms with Crippen LogP contribution < -0.4 is 9.30 Å². The number of hydrogen-bond donors (Lipinski definition) is 0. The van der Waals surface area contributed by atoms with Crippen LogP contribution in [0.25, 0.3) is 0 Å². The fourth-order valence-electron chi connectivity index (χ4n) is 1.14. The number of pyridine rings is 1. The van der Waals surface area contributed by atoms with Crippen LogP contribution >= 0.6 is 0 Å². The zero-order valence-electron chi connectivity index (χ0n) is 9.30. The summed E-state index contributed by atoms with van der Waals surface area (Å²) in [5.74, 6) is 0.131. The van der Waals surface area contributed by atoms with E-state index in [1.165, 1.54) is 14.0 Å². The first-order valence-corrected chi connectivity index (χ1v) is 4.80. The number of aromatic nitrogens is 1. The molecule has 0 unspecified atom stereocenters. The van der Waals surface area contributed by atoms with Crippen molar-refractivity contribution in [1.29, 1.82) is 0 Å². The van der Waals surface area contributed by atoms with E-state index in [-0.39, 0.29) is 18.9 Å². The minimum atomic E-state index is -0.443. The molecular weight excluding hydrogens is 210 g/mol. The number of ketones is 1. The van der Waals surface area contributed by atoms with Crippen molar-refractivity contribution in [3.8, 4) is 5.75 Å². The van der Waals surface area contributed by atoms with Gasteiger partial charge in [0.1, 0.15) is 0 Å². The molecule has 0 radical (unpaired) electrons. The van der Waals surface area contributed by atoms with Crippen molar-refractivity contribution in [1.82, 2.24) is 0 Å². The third kappa shape index (κ3) is 4.08. The Morgan fingerprint density at radius 1 is 1.44 bits per heavy atom. The van der Waals surface area contributed by atoms with Crippen molar-refractivity contribution in [3.05, 3.63) is 24.5 Å². The van der Waals surface area contributed by atoms with Crippen LogP contribution in [-0.4, -0.2) is 25.5 Å². The van der Waals surface area contributed by atoms with Gasteiger partial charge in [-0.05, 0) is 6.07 Å². The van der Waals surface area contributed by atoms with Gasteiger partial charge in [-0.15, -0.1) is 0 Å². The molecule has 1 aromatic rings. The topological polar surface area (TPSA) is 56.5 Å². The monoisotopic (exact) mass is 224 g/mol. The smallest absolute Gasteiger partial charge is 0.343 e. The second-order valence-corrected chi connectivity index (χ2v) is 3.28. The lowest BCUT2D eigenvalue weighted by Crippen LogP contribution is -2.36. The third-order valence-corrected chi connectivity index (χ3v) is 1.82. The second kappa shape index (κ2) is 5.85. The molecule has 5 nitrogen and oxygen atoms in total. The van der Waals surface area contributed by atoms with Gasteiger partial charge in [-0.1, -0.05) is 0 Å². The summed E-state index contributed by atoms with van der Waals surface area (Å²) in [6, 6.07) is 3.45. The highest BCUT2D eigenvalue weighted by Gasteiger charge is 2.07. The van der Waals surface area contributed by atoms with Gasteiger partial charge in [0.25, 0.3) is 0 Å². The van der Waals surface area contributed by atoms with Crippen molar-refractivity contribution < 1.29 is 23.6 Å². The molecule has 0 aliphatic carbocycles. The number of rotatable bonds is 5.